The van der Waals surface area contributed by atoms with E-state index in [1.165, 1.54) is 6.07 Å². The zero-order chi connectivity index (χ0) is 17.1. The van der Waals surface area contributed by atoms with Gasteiger partial charge in [-0.25, -0.2) is 0 Å². The fourth-order valence-corrected chi connectivity index (χ4v) is 2.73. The number of ether oxygens (including phenoxy) is 1. The number of para-hydroxylation sites is 2. The third kappa shape index (κ3) is 3.17. The Morgan fingerprint density at radius 2 is 2.04 bits per heavy atom. The molecular formula is C18H18N2O4. The average molecular weight is 326 g/mol. The summed E-state index contributed by atoms with van der Waals surface area (Å²) in [5.74, 6) is -0.207. The van der Waals surface area contributed by atoms with E-state index in [9.17, 15) is 14.7 Å². The van der Waals surface area contributed by atoms with Crippen LogP contribution in [0.4, 0.5) is 11.4 Å². The van der Waals surface area contributed by atoms with E-state index < -0.39 is 5.92 Å². The SMILES string of the molecule is COc1cccc(N2C[C@@H](C(=O)Nc3ccccc3O)CC2=O)c1. The Morgan fingerprint density at radius 1 is 1.25 bits per heavy atom. The number of nitrogens with zero attached hydrogens (tertiary/aromatic N) is 1. The van der Waals surface area contributed by atoms with Gasteiger partial charge in [0.2, 0.25) is 11.8 Å². The fourth-order valence-electron chi connectivity index (χ4n) is 2.73. The Kier molecular flexibility index (Phi) is 4.37. The van der Waals surface area contributed by atoms with Gasteiger partial charge < -0.3 is 20.1 Å². The van der Waals surface area contributed by atoms with Gasteiger partial charge in [0.15, 0.2) is 0 Å². The molecule has 3 rings (SSSR count). The molecule has 1 fully saturated rings. The van der Waals surface area contributed by atoms with E-state index in [-0.39, 0.29) is 24.0 Å². The van der Waals surface area contributed by atoms with Gasteiger partial charge in [-0.15, -0.1) is 0 Å². The number of carbonyl (C=O) groups is 2. The van der Waals surface area contributed by atoms with Gasteiger partial charge in [-0.05, 0) is 24.3 Å². The summed E-state index contributed by atoms with van der Waals surface area (Å²) in [7, 11) is 1.56. The molecule has 6 heteroatoms. The summed E-state index contributed by atoms with van der Waals surface area (Å²) < 4.78 is 5.17. The molecule has 0 bridgehead atoms. The first-order valence-corrected chi connectivity index (χ1v) is 7.62. The van der Waals surface area contributed by atoms with Crippen LogP contribution in [0.3, 0.4) is 0 Å². The van der Waals surface area contributed by atoms with Crippen LogP contribution >= 0.6 is 0 Å². The third-order valence-corrected chi connectivity index (χ3v) is 4.02. The van der Waals surface area contributed by atoms with Gasteiger partial charge in [-0.2, -0.15) is 0 Å². The molecule has 1 heterocycles. The van der Waals surface area contributed by atoms with Crippen LogP contribution in [-0.2, 0) is 9.59 Å². The molecule has 1 saturated heterocycles. The molecule has 0 radical (unpaired) electrons. The average Bonchev–Trinajstić information content (AvgIpc) is 2.99. The van der Waals surface area contributed by atoms with E-state index >= 15 is 0 Å². The number of nitrogens with one attached hydrogen (secondary N) is 1. The number of aromatic hydroxyl groups is 1. The van der Waals surface area contributed by atoms with Crippen LogP contribution in [-0.4, -0.2) is 30.6 Å². The molecule has 124 valence electrons. The van der Waals surface area contributed by atoms with Crippen molar-refractivity contribution in [1.29, 1.82) is 0 Å². The van der Waals surface area contributed by atoms with Crippen molar-refractivity contribution in [3.63, 3.8) is 0 Å². The highest BCUT2D eigenvalue weighted by atomic mass is 16.5. The van der Waals surface area contributed by atoms with E-state index in [1.54, 1.807) is 48.4 Å². The predicted octanol–water partition coefficient (Wildman–Crippen LogP) is 2.39. The molecular weight excluding hydrogens is 308 g/mol. The zero-order valence-corrected chi connectivity index (χ0v) is 13.2. The lowest BCUT2D eigenvalue weighted by atomic mass is 10.1. The van der Waals surface area contributed by atoms with E-state index in [0.29, 0.717) is 23.7 Å². The van der Waals surface area contributed by atoms with Crippen LogP contribution in [0.25, 0.3) is 0 Å². The molecule has 1 atom stereocenters. The Morgan fingerprint density at radius 3 is 2.79 bits per heavy atom. The standard InChI is InChI=1S/C18H18N2O4/c1-24-14-6-4-5-13(10-14)20-11-12(9-17(20)22)18(23)19-15-7-2-3-8-16(15)21/h2-8,10,12,21H,9,11H2,1H3,(H,19,23)/t12-/m0/s1. The lowest BCUT2D eigenvalue weighted by Gasteiger charge is -2.17. The number of hydrogen-bond acceptors (Lipinski definition) is 4. The predicted molar refractivity (Wildman–Crippen MR) is 90.2 cm³/mol. The van der Waals surface area contributed by atoms with Gasteiger partial charge in [0, 0.05) is 24.7 Å². The first-order chi connectivity index (χ1) is 11.6. The number of methoxy groups -OCH3 is 1. The maximum Gasteiger partial charge on any atom is 0.229 e. The van der Waals surface area contributed by atoms with Gasteiger partial charge in [0.05, 0.1) is 18.7 Å². The molecule has 1 aliphatic heterocycles. The summed E-state index contributed by atoms with van der Waals surface area (Å²) in [6.07, 6.45) is 0.136. The van der Waals surface area contributed by atoms with Crippen LogP contribution in [0.1, 0.15) is 6.42 Å². The molecule has 0 aliphatic carbocycles. The summed E-state index contributed by atoms with van der Waals surface area (Å²) in [5.41, 5.74) is 1.05. The van der Waals surface area contributed by atoms with Gasteiger partial charge in [0.25, 0.3) is 0 Å². The normalized spacial score (nSPS) is 17.0. The quantitative estimate of drug-likeness (QED) is 0.846. The molecule has 2 aromatic carbocycles. The minimum absolute atomic E-state index is 0.000162. The van der Waals surface area contributed by atoms with Crippen LogP contribution in [0.15, 0.2) is 48.5 Å². The number of rotatable bonds is 4. The molecule has 1 aliphatic rings. The van der Waals surface area contributed by atoms with Crippen molar-refractivity contribution in [1.82, 2.24) is 0 Å². The molecule has 2 aromatic rings. The Balaban J connectivity index is 1.72. The third-order valence-electron chi connectivity index (χ3n) is 4.02. The van der Waals surface area contributed by atoms with Gasteiger partial charge in [-0.1, -0.05) is 18.2 Å². The first-order valence-electron chi connectivity index (χ1n) is 7.62. The highest BCUT2D eigenvalue weighted by Gasteiger charge is 2.35. The Bertz CT molecular complexity index is 775. The summed E-state index contributed by atoms with van der Waals surface area (Å²) in [4.78, 5) is 26.2. The van der Waals surface area contributed by atoms with Crippen molar-refractivity contribution in [2.45, 2.75) is 6.42 Å². The van der Waals surface area contributed by atoms with Gasteiger partial charge in [0.1, 0.15) is 11.5 Å². The van der Waals surface area contributed by atoms with E-state index in [1.807, 2.05) is 6.07 Å². The number of carbonyl (C=O) groups excluding carboxylic acids is 2. The number of phenols is 1. The number of hydrogen-bond donors (Lipinski definition) is 2. The molecule has 2 amide bonds. The summed E-state index contributed by atoms with van der Waals surface area (Å²) in [6.45, 7) is 0.297. The van der Waals surface area contributed by atoms with Crippen molar-refractivity contribution in [3.8, 4) is 11.5 Å². The van der Waals surface area contributed by atoms with Crippen molar-refractivity contribution in [2.24, 2.45) is 5.92 Å². The lowest BCUT2D eigenvalue weighted by molar-refractivity contribution is -0.122. The van der Waals surface area contributed by atoms with Crippen LogP contribution in [0, 0.1) is 5.92 Å². The molecule has 0 aromatic heterocycles. The second kappa shape index (κ2) is 6.62. The largest absolute Gasteiger partial charge is 0.506 e. The molecule has 24 heavy (non-hydrogen) atoms. The van der Waals surface area contributed by atoms with Gasteiger partial charge in [-0.3, -0.25) is 9.59 Å². The molecule has 6 nitrogen and oxygen atoms in total. The molecule has 2 N–H and O–H groups in total. The summed E-state index contributed by atoms with van der Waals surface area (Å²) in [6, 6.07) is 13.7. The zero-order valence-electron chi connectivity index (χ0n) is 13.2. The summed E-state index contributed by atoms with van der Waals surface area (Å²) in [5, 5.41) is 12.4. The number of amides is 2. The highest BCUT2D eigenvalue weighted by Crippen LogP contribution is 2.29. The monoisotopic (exact) mass is 326 g/mol. The fraction of sp³-hybridized carbons (Fsp3) is 0.222. The maximum absolute atomic E-state index is 12.4. The Labute approximate surface area is 139 Å². The number of anilines is 2. The van der Waals surface area contributed by atoms with Crippen LogP contribution < -0.4 is 15.0 Å². The lowest BCUT2D eigenvalue weighted by Crippen LogP contribution is -2.28. The van der Waals surface area contributed by atoms with Crippen LogP contribution in [0.2, 0.25) is 0 Å². The minimum atomic E-state index is -0.469. The minimum Gasteiger partial charge on any atom is -0.506 e. The Hall–Kier alpha value is -3.02. The van der Waals surface area contributed by atoms with Crippen molar-refractivity contribution < 1.29 is 19.4 Å². The van der Waals surface area contributed by atoms with Crippen LogP contribution in [0.5, 0.6) is 11.5 Å². The van der Waals surface area contributed by atoms with E-state index in [2.05, 4.69) is 5.32 Å². The molecule has 0 spiro atoms. The van der Waals surface area contributed by atoms with Crippen molar-refractivity contribution >= 4 is 23.2 Å². The van der Waals surface area contributed by atoms with E-state index in [4.69, 9.17) is 4.74 Å². The highest BCUT2D eigenvalue weighted by molar-refractivity contribution is 6.03. The molecule has 0 saturated carbocycles. The first kappa shape index (κ1) is 15.9. The smallest absolute Gasteiger partial charge is 0.229 e. The summed E-state index contributed by atoms with van der Waals surface area (Å²) >= 11 is 0. The van der Waals surface area contributed by atoms with E-state index in [0.717, 1.165) is 0 Å². The second-order valence-corrected chi connectivity index (χ2v) is 5.61. The van der Waals surface area contributed by atoms with Crippen molar-refractivity contribution in [3.05, 3.63) is 48.5 Å². The maximum atomic E-state index is 12.4. The number of benzene rings is 2. The number of phenolic OH excluding ortho intramolecular Hbond substituents is 1. The topological polar surface area (TPSA) is 78.9 Å². The van der Waals surface area contributed by atoms with Gasteiger partial charge >= 0.3 is 0 Å². The second-order valence-electron chi connectivity index (χ2n) is 5.61. The van der Waals surface area contributed by atoms with Crippen molar-refractivity contribution in [2.75, 3.05) is 23.9 Å². The molecule has 0 unspecified atom stereocenters.